The molecule has 0 N–H and O–H groups in total. The van der Waals surface area contributed by atoms with Crippen LogP contribution < -0.4 is 4.74 Å². The third-order valence-electron chi connectivity index (χ3n) is 8.37. The van der Waals surface area contributed by atoms with E-state index in [1.54, 1.807) is 19.2 Å². The molecule has 0 spiro atoms. The number of ether oxygens (including phenoxy) is 5. The van der Waals surface area contributed by atoms with Crippen LogP contribution in [0.25, 0.3) is 0 Å². The van der Waals surface area contributed by atoms with E-state index in [-0.39, 0.29) is 24.8 Å². The maximum atomic E-state index is 13.0. The van der Waals surface area contributed by atoms with Crippen molar-refractivity contribution >= 4 is 14.3 Å². The molecule has 0 amide bonds. The molecular formula is C34H52O7Si. The van der Waals surface area contributed by atoms with Gasteiger partial charge in [-0.25, -0.2) is 4.79 Å². The van der Waals surface area contributed by atoms with Gasteiger partial charge in [-0.15, -0.1) is 0 Å². The van der Waals surface area contributed by atoms with Crippen molar-refractivity contribution in [1.82, 2.24) is 0 Å². The largest absolute Gasteiger partial charge is 0.497 e. The van der Waals surface area contributed by atoms with Crippen LogP contribution in [0.3, 0.4) is 0 Å². The summed E-state index contributed by atoms with van der Waals surface area (Å²) in [5.74, 6) is -0.343. The summed E-state index contributed by atoms with van der Waals surface area (Å²) in [6.45, 7) is 20.4. The molecule has 1 aliphatic rings. The van der Waals surface area contributed by atoms with Gasteiger partial charge in [0.25, 0.3) is 0 Å². The van der Waals surface area contributed by atoms with Crippen LogP contribution in [0.1, 0.15) is 84.7 Å². The number of methoxy groups -OCH3 is 1. The Morgan fingerprint density at radius 3 is 2.05 bits per heavy atom. The van der Waals surface area contributed by atoms with E-state index in [9.17, 15) is 4.79 Å². The van der Waals surface area contributed by atoms with Gasteiger partial charge >= 0.3 is 5.97 Å². The summed E-state index contributed by atoms with van der Waals surface area (Å²) in [5, 5.41) is 0. The van der Waals surface area contributed by atoms with Crippen LogP contribution in [0.5, 0.6) is 5.75 Å². The second-order valence-corrected chi connectivity index (χ2v) is 18.4. The Hall–Kier alpha value is -2.23. The lowest BCUT2D eigenvalue weighted by Gasteiger charge is -2.45. The molecule has 3 rings (SSSR count). The van der Waals surface area contributed by atoms with Gasteiger partial charge in [-0.2, -0.15) is 0 Å². The minimum atomic E-state index is -2.30. The Morgan fingerprint density at radius 1 is 0.905 bits per heavy atom. The van der Waals surface area contributed by atoms with E-state index in [1.807, 2.05) is 63.2 Å². The molecule has 1 saturated heterocycles. The van der Waals surface area contributed by atoms with Gasteiger partial charge in [0.1, 0.15) is 18.0 Å². The molecule has 0 radical (unpaired) electrons. The molecule has 0 aromatic heterocycles. The van der Waals surface area contributed by atoms with E-state index in [0.29, 0.717) is 41.8 Å². The summed E-state index contributed by atoms with van der Waals surface area (Å²) in [7, 11) is -0.648. The quantitative estimate of drug-likeness (QED) is 0.152. The lowest BCUT2D eigenvalue weighted by Crippen LogP contribution is -2.52. The minimum absolute atomic E-state index is 0.137. The highest BCUT2D eigenvalue weighted by atomic mass is 28.4. The number of hydrogen-bond donors (Lipinski definition) is 0. The standard InChI is InChI=1S/C34H52O7Si/c1-24(2)42(25(3)4,26(5)6)40-30(22-38-32(35)28-14-12-11-13-15-28)20-31-34(9,41-33(7,8)39-31)23-37-21-27-16-18-29(36-10)19-17-27/h11-19,24-26,30-31H,20-23H2,1-10H3/t30-,31-,34-/m1/s1. The van der Waals surface area contributed by atoms with Crippen molar-refractivity contribution in [3.8, 4) is 5.75 Å². The number of rotatable bonds is 15. The van der Waals surface area contributed by atoms with Crippen molar-refractivity contribution < 1.29 is 32.9 Å². The Balaban J connectivity index is 1.82. The number of carbonyl (C=O) groups excluding carboxylic acids is 1. The molecule has 0 bridgehead atoms. The summed E-state index contributed by atoms with van der Waals surface area (Å²) in [5.41, 5.74) is 1.97. The van der Waals surface area contributed by atoms with Gasteiger partial charge in [-0.3, -0.25) is 0 Å². The van der Waals surface area contributed by atoms with Gasteiger partial charge in [0.05, 0.1) is 38.1 Å². The summed E-state index contributed by atoms with van der Waals surface area (Å²) in [6.07, 6.45) is -0.184. The molecule has 8 heteroatoms. The fourth-order valence-corrected chi connectivity index (χ4v) is 12.1. The van der Waals surface area contributed by atoms with Crippen molar-refractivity contribution in [2.24, 2.45) is 0 Å². The van der Waals surface area contributed by atoms with E-state index in [2.05, 4.69) is 41.5 Å². The average molecular weight is 601 g/mol. The van der Waals surface area contributed by atoms with Crippen LogP contribution in [0, 0.1) is 0 Å². The molecule has 3 atom stereocenters. The highest BCUT2D eigenvalue weighted by Gasteiger charge is 2.53. The van der Waals surface area contributed by atoms with Gasteiger partial charge in [0, 0.05) is 6.42 Å². The average Bonchev–Trinajstić information content (AvgIpc) is 3.17. The van der Waals surface area contributed by atoms with Gasteiger partial charge in [0.15, 0.2) is 5.79 Å². The molecule has 234 valence electrons. The van der Waals surface area contributed by atoms with Crippen molar-refractivity contribution in [3.63, 3.8) is 0 Å². The normalized spacial score (nSPS) is 21.2. The predicted octanol–water partition coefficient (Wildman–Crippen LogP) is 7.93. The van der Waals surface area contributed by atoms with Crippen molar-refractivity contribution in [3.05, 3.63) is 65.7 Å². The minimum Gasteiger partial charge on any atom is -0.497 e. The first-order valence-corrected chi connectivity index (χ1v) is 17.3. The second-order valence-electron chi connectivity index (χ2n) is 13.0. The molecule has 2 aromatic rings. The van der Waals surface area contributed by atoms with Crippen molar-refractivity contribution in [2.45, 2.75) is 116 Å². The molecule has 1 fully saturated rings. The lowest BCUT2D eigenvalue weighted by atomic mass is 9.95. The summed E-state index contributed by atoms with van der Waals surface area (Å²) in [6, 6.07) is 16.9. The highest BCUT2D eigenvalue weighted by molar-refractivity contribution is 6.77. The predicted molar refractivity (Wildman–Crippen MR) is 168 cm³/mol. The van der Waals surface area contributed by atoms with Crippen LogP contribution in [0.15, 0.2) is 54.6 Å². The maximum absolute atomic E-state index is 13.0. The molecule has 0 saturated carbocycles. The molecule has 2 aromatic carbocycles. The molecule has 0 unspecified atom stereocenters. The maximum Gasteiger partial charge on any atom is 0.338 e. The number of esters is 1. The van der Waals surface area contributed by atoms with Gasteiger partial charge in [0.2, 0.25) is 8.32 Å². The second kappa shape index (κ2) is 14.5. The Bertz CT molecular complexity index is 1090. The topological polar surface area (TPSA) is 72.5 Å². The Labute approximate surface area is 254 Å². The zero-order valence-electron chi connectivity index (χ0n) is 27.3. The van der Waals surface area contributed by atoms with Crippen LogP contribution in [-0.2, 0) is 30.0 Å². The summed E-state index contributed by atoms with van der Waals surface area (Å²) in [4.78, 5) is 13.0. The van der Waals surface area contributed by atoms with E-state index in [1.165, 1.54) is 0 Å². The van der Waals surface area contributed by atoms with Gasteiger partial charge in [-0.1, -0.05) is 71.9 Å². The summed E-state index contributed by atoms with van der Waals surface area (Å²) >= 11 is 0. The van der Waals surface area contributed by atoms with E-state index >= 15 is 0 Å². The lowest BCUT2D eigenvalue weighted by molar-refractivity contribution is -0.170. The number of hydrogen-bond acceptors (Lipinski definition) is 7. The van der Waals surface area contributed by atoms with Gasteiger partial charge < -0.3 is 28.1 Å². The van der Waals surface area contributed by atoms with Crippen molar-refractivity contribution in [2.75, 3.05) is 20.3 Å². The van der Waals surface area contributed by atoms with Crippen LogP contribution >= 0.6 is 0 Å². The summed E-state index contributed by atoms with van der Waals surface area (Å²) < 4.78 is 37.5. The fraction of sp³-hybridized carbons (Fsp3) is 0.618. The fourth-order valence-electron chi connectivity index (χ4n) is 6.54. The monoisotopic (exact) mass is 600 g/mol. The molecular weight excluding hydrogens is 548 g/mol. The smallest absolute Gasteiger partial charge is 0.338 e. The number of carbonyl (C=O) groups is 1. The van der Waals surface area contributed by atoms with E-state index < -0.39 is 19.7 Å². The third kappa shape index (κ3) is 8.44. The van der Waals surface area contributed by atoms with Gasteiger partial charge in [-0.05, 0) is 67.2 Å². The molecule has 0 aliphatic carbocycles. The molecule has 7 nitrogen and oxygen atoms in total. The van der Waals surface area contributed by atoms with Crippen LogP contribution in [-0.4, -0.2) is 58.2 Å². The van der Waals surface area contributed by atoms with Crippen LogP contribution in [0.2, 0.25) is 16.6 Å². The van der Waals surface area contributed by atoms with E-state index in [0.717, 1.165) is 11.3 Å². The third-order valence-corrected chi connectivity index (χ3v) is 14.5. The number of benzene rings is 2. The Kier molecular flexibility index (Phi) is 11.8. The molecule has 1 heterocycles. The molecule has 1 aliphatic heterocycles. The first-order valence-electron chi connectivity index (χ1n) is 15.2. The Morgan fingerprint density at radius 2 is 1.50 bits per heavy atom. The van der Waals surface area contributed by atoms with Crippen LogP contribution in [0.4, 0.5) is 0 Å². The highest BCUT2D eigenvalue weighted by Crippen LogP contribution is 2.45. The zero-order valence-corrected chi connectivity index (χ0v) is 28.3. The molecule has 42 heavy (non-hydrogen) atoms. The first-order chi connectivity index (χ1) is 19.7. The van der Waals surface area contributed by atoms with Crippen molar-refractivity contribution in [1.29, 1.82) is 0 Å². The van der Waals surface area contributed by atoms with E-state index in [4.69, 9.17) is 28.1 Å². The zero-order chi connectivity index (χ0) is 31.1. The first kappa shape index (κ1) is 34.3. The SMILES string of the molecule is COc1ccc(COC[C@@]2(C)OC(C)(C)O[C@@H]2C[C@H](COC(=O)c2ccccc2)O[Si](C(C)C)(C(C)C)C(C)C)cc1.